The van der Waals surface area contributed by atoms with Gasteiger partial charge in [0, 0.05) is 18.5 Å². The lowest BCUT2D eigenvalue weighted by Gasteiger charge is -2.13. The number of nitrogens with zero attached hydrogens (tertiary/aromatic N) is 4. The molecule has 0 unspecified atom stereocenters. The van der Waals surface area contributed by atoms with E-state index < -0.39 is 0 Å². The number of benzene rings is 1. The Balaban J connectivity index is 2.85. The van der Waals surface area contributed by atoms with Gasteiger partial charge in [-0.2, -0.15) is 0 Å². The van der Waals surface area contributed by atoms with Crippen molar-refractivity contribution in [3.8, 4) is 11.5 Å². The number of nitrogens with two attached hydrogens (primary N) is 1. The van der Waals surface area contributed by atoms with E-state index in [4.69, 9.17) is 20.8 Å². The molecule has 0 aliphatic heterocycles. The van der Waals surface area contributed by atoms with Crippen molar-refractivity contribution in [2.75, 3.05) is 20.9 Å². The summed E-state index contributed by atoms with van der Waals surface area (Å²) in [4.78, 5) is 2.61. The summed E-state index contributed by atoms with van der Waals surface area (Å²) in [6, 6.07) is 5.47. The highest BCUT2D eigenvalue weighted by atomic mass is 16.5. The van der Waals surface area contributed by atoms with E-state index >= 15 is 0 Å². The number of hydrogen-bond donors (Lipinski definition) is 1. The Labute approximate surface area is 99.3 Å². The molecule has 7 nitrogen and oxygen atoms in total. The Kier molecular flexibility index (Phi) is 5.09. The lowest BCUT2D eigenvalue weighted by Crippen LogP contribution is -2.24. The molecule has 1 rings (SSSR count). The van der Waals surface area contributed by atoms with Gasteiger partial charge in [-0.25, -0.2) is 5.01 Å². The number of rotatable bonds is 6. The minimum Gasteiger partial charge on any atom is -0.493 e. The molecule has 0 spiro atoms. The largest absolute Gasteiger partial charge is 0.493 e. The lowest BCUT2D eigenvalue weighted by atomic mass is 10.2. The van der Waals surface area contributed by atoms with Gasteiger partial charge in [-0.05, 0) is 23.2 Å². The van der Waals surface area contributed by atoms with Crippen LogP contribution in [0.25, 0.3) is 10.4 Å². The maximum atomic E-state index is 8.17. The first-order valence-electron chi connectivity index (χ1n) is 4.93. The zero-order valence-corrected chi connectivity index (χ0v) is 9.83. The predicted octanol–water partition coefficient (Wildman–Crippen LogP) is 1.65. The van der Waals surface area contributed by atoms with Crippen molar-refractivity contribution in [2.24, 2.45) is 11.0 Å². The summed E-state index contributed by atoms with van der Waals surface area (Å²) in [7, 11) is 3.31. The van der Waals surface area contributed by atoms with Gasteiger partial charge in [0.1, 0.15) is 0 Å². The summed E-state index contributed by atoms with van der Waals surface area (Å²) in [5.41, 5.74) is 9.15. The second-order valence-electron chi connectivity index (χ2n) is 3.40. The van der Waals surface area contributed by atoms with Crippen molar-refractivity contribution in [3.05, 3.63) is 34.2 Å². The van der Waals surface area contributed by atoms with Crippen molar-refractivity contribution >= 4 is 0 Å². The SMILES string of the molecule is COc1ccc(CN(C)N)cc1OCN=[N+]=[N-]. The third-order valence-electron chi connectivity index (χ3n) is 2.00. The summed E-state index contributed by atoms with van der Waals surface area (Å²) in [5.74, 6) is 6.67. The molecule has 0 saturated heterocycles. The topological polar surface area (TPSA) is 96.5 Å². The molecule has 0 bridgehead atoms. The Bertz CT molecular complexity index is 415. The monoisotopic (exact) mass is 237 g/mol. The van der Waals surface area contributed by atoms with Crippen LogP contribution in [0.3, 0.4) is 0 Å². The Morgan fingerprint density at radius 2 is 2.24 bits per heavy atom. The highest BCUT2D eigenvalue weighted by molar-refractivity contribution is 5.42. The first-order chi connectivity index (χ1) is 8.17. The van der Waals surface area contributed by atoms with Gasteiger partial charge in [-0.1, -0.05) is 11.2 Å². The van der Waals surface area contributed by atoms with E-state index in [9.17, 15) is 0 Å². The standard InChI is InChI=1S/C10H15N5O2/c1-15(12)6-8-3-4-9(16-2)10(5-8)17-7-13-14-11/h3-5H,6-7,12H2,1-2H3. The van der Waals surface area contributed by atoms with Gasteiger partial charge < -0.3 is 9.47 Å². The summed E-state index contributed by atoms with van der Waals surface area (Å²) in [6.45, 7) is 0.511. The molecule has 0 aliphatic carbocycles. The number of methoxy groups -OCH3 is 1. The van der Waals surface area contributed by atoms with Gasteiger partial charge in [0.15, 0.2) is 18.2 Å². The van der Waals surface area contributed by atoms with Crippen molar-refractivity contribution in [1.82, 2.24) is 5.01 Å². The maximum absolute atomic E-state index is 8.17. The molecule has 0 radical (unpaired) electrons. The van der Waals surface area contributed by atoms with Crippen LogP contribution in [0.5, 0.6) is 11.5 Å². The zero-order valence-electron chi connectivity index (χ0n) is 9.83. The minimum atomic E-state index is -0.0746. The van der Waals surface area contributed by atoms with Crippen LogP contribution < -0.4 is 15.3 Å². The van der Waals surface area contributed by atoms with Crippen LogP contribution in [-0.4, -0.2) is 25.9 Å². The van der Waals surface area contributed by atoms with Crippen LogP contribution in [0.4, 0.5) is 0 Å². The molecule has 0 aliphatic rings. The Morgan fingerprint density at radius 3 is 2.82 bits per heavy atom. The van der Waals surface area contributed by atoms with E-state index in [1.54, 1.807) is 31.3 Å². The van der Waals surface area contributed by atoms with Crippen LogP contribution >= 0.6 is 0 Å². The van der Waals surface area contributed by atoms with Crippen molar-refractivity contribution in [2.45, 2.75) is 6.54 Å². The predicted molar refractivity (Wildman–Crippen MR) is 63.3 cm³/mol. The molecule has 0 amide bonds. The van der Waals surface area contributed by atoms with Crippen molar-refractivity contribution < 1.29 is 9.47 Å². The van der Waals surface area contributed by atoms with E-state index in [0.717, 1.165) is 5.56 Å². The number of azide groups is 1. The fourth-order valence-corrected chi connectivity index (χ4v) is 1.34. The minimum absolute atomic E-state index is 0.0746. The van der Waals surface area contributed by atoms with Gasteiger partial charge in [0.2, 0.25) is 0 Å². The smallest absolute Gasteiger partial charge is 0.167 e. The van der Waals surface area contributed by atoms with Crippen molar-refractivity contribution in [3.63, 3.8) is 0 Å². The zero-order chi connectivity index (χ0) is 12.7. The van der Waals surface area contributed by atoms with Crippen LogP contribution in [0.2, 0.25) is 0 Å². The highest BCUT2D eigenvalue weighted by Gasteiger charge is 2.06. The fourth-order valence-electron chi connectivity index (χ4n) is 1.34. The van der Waals surface area contributed by atoms with Crippen LogP contribution in [0.15, 0.2) is 23.3 Å². The van der Waals surface area contributed by atoms with Crippen LogP contribution in [0.1, 0.15) is 5.56 Å². The third-order valence-corrected chi connectivity index (χ3v) is 2.00. The normalized spacial score (nSPS) is 9.88. The third kappa shape index (κ3) is 4.20. The average Bonchev–Trinajstić information content (AvgIpc) is 2.29. The van der Waals surface area contributed by atoms with E-state index in [1.165, 1.54) is 0 Å². The summed E-state index contributed by atoms with van der Waals surface area (Å²) < 4.78 is 10.4. The molecular weight excluding hydrogens is 222 g/mol. The van der Waals surface area contributed by atoms with Crippen LogP contribution in [-0.2, 0) is 6.54 Å². The van der Waals surface area contributed by atoms with Gasteiger partial charge in [-0.15, -0.1) is 0 Å². The quantitative estimate of drug-likeness (QED) is 0.267. The number of hydrogen-bond acceptors (Lipinski definition) is 5. The van der Waals surface area contributed by atoms with Gasteiger partial charge in [-0.3, -0.25) is 5.84 Å². The van der Waals surface area contributed by atoms with E-state index in [1.807, 2.05) is 6.07 Å². The number of ether oxygens (including phenoxy) is 2. The number of hydrazine groups is 1. The first-order valence-corrected chi connectivity index (χ1v) is 4.93. The van der Waals surface area contributed by atoms with Gasteiger partial charge in [0.25, 0.3) is 0 Å². The van der Waals surface area contributed by atoms with E-state index in [0.29, 0.717) is 18.0 Å². The van der Waals surface area contributed by atoms with Crippen LogP contribution in [0, 0.1) is 0 Å². The fraction of sp³-hybridized carbons (Fsp3) is 0.400. The molecule has 1 aromatic rings. The molecule has 0 heterocycles. The van der Waals surface area contributed by atoms with Crippen molar-refractivity contribution in [1.29, 1.82) is 0 Å². The Morgan fingerprint density at radius 1 is 1.47 bits per heavy atom. The second-order valence-corrected chi connectivity index (χ2v) is 3.40. The van der Waals surface area contributed by atoms with Gasteiger partial charge in [0.05, 0.1) is 7.11 Å². The maximum Gasteiger partial charge on any atom is 0.167 e. The molecule has 0 fully saturated rings. The summed E-state index contributed by atoms with van der Waals surface area (Å²) in [5, 5.41) is 4.86. The lowest BCUT2D eigenvalue weighted by molar-refractivity contribution is 0.300. The van der Waals surface area contributed by atoms with E-state index in [2.05, 4.69) is 10.0 Å². The molecule has 0 saturated carbocycles. The first kappa shape index (κ1) is 13.1. The molecule has 0 atom stereocenters. The highest BCUT2D eigenvalue weighted by Crippen LogP contribution is 2.28. The molecular formula is C10H15N5O2. The molecule has 7 heteroatoms. The molecule has 17 heavy (non-hydrogen) atoms. The Hall–Kier alpha value is -1.95. The summed E-state index contributed by atoms with van der Waals surface area (Å²) >= 11 is 0. The van der Waals surface area contributed by atoms with Gasteiger partial charge >= 0.3 is 0 Å². The second kappa shape index (κ2) is 6.59. The summed E-state index contributed by atoms with van der Waals surface area (Å²) in [6.07, 6.45) is 0. The molecule has 0 aromatic heterocycles. The average molecular weight is 237 g/mol. The molecule has 92 valence electrons. The molecule has 2 N–H and O–H groups in total. The van der Waals surface area contributed by atoms with E-state index in [-0.39, 0.29) is 6.73 Å². The molecule has 1 aromatic carbocycles.